The van der Waals surface area contributed by atoms with Crippen molar-refractivity contribution < 1.29 is 29.3 Å². The fourth-order valence-electron chi connectivity index (χ4n) is 7.19. The van der Waals surface area contributed by atoms with Crippen LogP contribution in [0.2, 0.25) is 0 Å². The second-order valence-electron chi connectivity index (χ2n) is 13.6. The van der Waals surface area contributed by atoms with Crippen molar-refractivity contribution in [3.8, 4) is 11.5 Å². The van der Waals surface area contributed by atoms with E-state index in [2.05, 4.69) is 25.8 Å². The van der Waals surface area contributed by atoms with Crippen LogP contribution in [0.15, 0.2) is 108 Å². The van der Waals surface area contributed by atoms with E-state index in [0.717, 1.165) is 49.2 Å². The highest BCUT2D eigenvalue weighted by atomic mass is 16.6. The number of aromatic nitrogens is 1. The number of carbonyl (C=O) groups is 2. The number of hydrogen-bond donors (Lipinski definition) is 6. The number of fused-ring (bicyclic) bond motifs is 4. The third kappa shape index (κ3) is 8.86. The predicted molar refractivity (Wildman–Crippen MR) is 201 cm³/mol. The van der Waals surface area contributed by atoms with Gasteiger partial charge in [-0.3, -0.25) is 14.5 Å². The lowest BCUT2D eigenvalue weighted by atomic mass is 9.86. The average molecular weight is 718 g/mol. The third-order valence-corrected chi connectivity index (χ3v) is 9.98. The molecular weight excluding hydrogens is 674 g/mol. The van der Waals surface area contributed by atoms with E-state index in [4.69, 9.17) is 9.47 Å². The van der Waals surface area contributed by atoms with Crippen LogP contribution >= 0.6 is 0 Å². The van der Waals surface area contributed by atoms with Crippen molar-refractivity contribution in [3.05, 3.63) is 136 Å². The summed E-state index contributed by atoms with van der Waals surface area (Å²) < 4.78 is 11.8. The number of benzene rings is 4. The molecule has 0 saturated carbocycles. The molecule has 2 bridgehead atoms. The minimum Gasteiger partial charge on any atom is -0.506 e. The molecule has 4 heterocycles. The van der Waals surface area contributed by atoms with Gasteiger partial charge in [-0.05, 0) is 90.5 Å². The number of piperidine rings is 3. The number of phenolic OH excluding ortho intramolecular Hbond substituents is 1. The Labute approximate surface area is 306 Å². The van der Waals surface area contributed by atoms with Gasteiger partial charge in [0.2, 0.25) is 5.56 Å². The number of carbonyl (C=O) groups excluding carboxylic acids is 2. The van der Waals surface area contributed by atoms with Gasteiger partial charge in [0.25, 0.3) is 5.91 Å². The van der Waals surface area contributed by atoms with Gasteiger partial charge in [0.05, 0.1) is 17.7 Å². The van der Waals surface area contributed by atoms with E-state index in [1.807, 2.05) is 60.7 Å². The topological polar surface area (TPSA) is 165 Å². The van der Waals surface area contributed by atoms with Crippen molar-refractivity contribution in [2.24, 2.45) is 5.92 Å². The predicted octanol–water partition coefficient (Wildman–Crippen LogP) is 4.98. The van der Waals surface area contributed by atoms with Gasteiger partial charge < -0.3 is 40.6 Å². The lowest BCUT2D eigenvalue weighted by Crippen LogP contribution is -2.52. The van der Waals surface area contributed by atoms with Crippen molar-refractivity contribution >= 4 is 28.6 Å². The minimum absolute atomic E-state index is 0.0610. The van der Waals surface area contributed by atoms with Gasteiger partial charge in [-0.15, -0.1) is 0 Å². The fourth-order valence-corrected chi connectivity index (χ4v) is 7.19. The Hall–Kier alpha value is -5.69. The van der Waals surface area contributed by atoms with Gasteiger partial charge >= 0.3 is 6.09 Å². The molecular formula is C41H43N5O7. The minimum atomic E-state index is -0.875. The summed E-state index contributed by atoms with van der Waals surface area (Å²) in [6, 6.07) is 29.9. The van der Waals surface area contributed by atoms with Crippen molar-refractivity contribution in [3.63, 3.8) is 0 Å². The molecule has 5 aromatic rings. The molecule has 3 saturated heterocycles. The number of aromatic hydroxyl groups is 1. The number of H-pyrrole nitrogens is 1. The second kappa shape index (κ2) is 16.3. The highest BCUT2D eigenvalue weighted by molar-refractivity contribution is 5.92. The van der Waals surface area contributed by atoms with Crippen LogP contribution in [0.1, 0.15) is 47.2 Å². The highest BCUT2D eigenvalue weighted by Gasteiger charge is 2.37. The van der Waals surface area contributed by atoms with Crippen LogP contribution < -0.4 is 26.2 Å². The number of anilines is 1. The van der Waals surface area contributed by atoms with E-state index in [1.165, 1.54) is 12.1 Å². The largest absolute Gasteiger partial charge is 0.506 e. The molecule has 3 atom stereocenters. The van der Waals surface area contributed by atoms with Gasteiger partial charge in [-0.25, -0.2) is 4.79 Å². The molecule has 0 aliphatic carbocycles. The quantitative estimate of drug-likeness (QED) is 0.0985. The first-order valence-electron chi connectivity index (χ1n) is 17.9. The molecule has 53 heavy (non-hydrogen) atoms. The van der Waals surface area contributed by atoms with Gasteiger partial charge in [0.1, 0.15) is 17.6 Å². The zero-order valence-corrected chi connectivity index (χ0v) is 29.2. The first kappa shape index (κ1) is 35.7. The van der Waals surface area contributed by atoms with Gasteiger partial charge in [0.15, 0.2) is 6.61 Å². The maximum absolute atomic E-state index is 13.2. The number of phenols is 1. The molecule has 1 aromatic heterocycles. The van der Waals surface area contributed by atoms with Crippen molar-refractivity contribution in [2.75, 3.05) is 38.1 Å². The Morgan fingerprint density at radius 1 is 0.906 bits per heavy atom. The molecule has 1 unspecified atom stereocenters. The molecule has 4 aromatic carbocycles. The van der Waals surface area contributed by atoms with Crippen LogP contribution in [-0.4, -0.2) is 71.0 Å². The maximum atomic E-state index is 13.2. The Morgan fingerprint density at radius 2 is 1.68 bits per heavy atom. The van der Waals surface area contributed by atoms with Crippen molar-refractivity contribution in [1.82, 2.24) is 20.5 Å². The fraction of sp³-hybridized carbons (Fsp3) is 0.293. The molecule has 2 amide bonds. The van der Waals surface area contributed by atoms with Gasteiger partial charge in [-0.2, -0.15) is 0 Å². The number of nitrogens with one attached hydrogen (secondary N) is 4. The third-order valence-electron chi connectivity index (χ3n) is 9.98. The van der Waals surface area contributed by atoms with Crippen LogP contribution in [0.5, 0.6) is 11.5 Å². The molecule has 8 rings (SSSR count). The standard InChI is InChI=1S/C41H43N5O7/c47-34-15-13-32(33-14-16-37(49)44-40(33)34)35(48)23-42-22-26-9-11-30(12-10-26)43-38(50)25-52-31-8-4-7-29(21-31)39(28-5-2-1-3-6-28)45-41(51)53-36-24-46-19-17-27(36)18-20-46/h1-16,21,27,35-36,39,42,47-48H,17-20,22-25H2,(H,43,50)(H,44,49)(H,45,51)/t35-,36+,39?/m1/s1. The molecule has 3 fully saturated rings. The zero-order chi connectivity index (χ0) is 36.7. The van der Waals surface area contributed by atoms with Crippen LogP contribution in [0.4, 0.5) is 10.5 Å². The summed E-state index contributed by atoms with van der Waals surface area (Å²) in [6.45, 7) is 3.40. The molecule has 0 spiro atoms. The molecule has 12 nitrogen and oxygen atoms in total. The first-order chi connectivity index (χ1) is 25.8. The normalized spacial score (nSPS) is 18.9. The van der Waals surface area contributed by atoms with Crippen LogP contribution in [0.3, 0.4) is 0 Å². The number of hydrogen-bond acceptors (Lipinski definition) is 9. The molecule has 274 valence electrons. The van der Waals surface area contributed by atoms with E-state index in [-0.39, 0.29) is 42.0 Å². The summed E-state index contributed by atoms with van der Waals surface area (Å²) in [5, 5.41) is 30.6. The number of ether oxygens (including phenoxy) is 2. The summed E-state index contributed by atoms with van der Waals surface area (Å²) in [4.78, 5) is 42.6. The monoisotopic (exact) mass is 717 g/mol. The number of rotatable bonds is 13. The summed E-state index contributed by atoms with van der Waals surface area (Å²) in [5.41, 5.74) is 3.77. The van der Waals surface area contributed by atoms with Crippen LogP contribution in [0, 0.1) is 5.92 Å². The van der Waals surface area contributed by atoms with Crippen molar-refractivity contribution in [2.45, 2.75) is 37.6 Å². The van der Waals surface area contributed by atoms with E-state index < -0.39 is 18.2 Å². The lowest BCUT2D eigenvalue weighted by Gasteiger charge is -2.43. The number of alkyl carbamates (subject to hydrolysis) is 1. The van der Waals surface area contributed by atoms with Gasteiger partial charge in [0, 0.05) is 36.8 Å². The summed E-state index contributed by atoms with van der Waals surface area (Å²) in [5.74, 6) is 0.503. The Morgan fingerprint density at radius 3 is 2.43 bits per heavy atom. The zero-order valence-electron chi connectivity index (χ0n) is 29.2. The maximum Gasteiger partial charge on any atom is 0.408 e. The summed E-state index contributed by atoms with van der Waals surface area (Å²) >= 11 is 0. The first-order valence-corrected chi connectivity index (χ1v) is 17.9. The average Bonchev–Trinajstić information content (AvgIpc) is 3.18. The number of pyridine rings is 1. The summed E-state index contributed by atoms with van der Waals surface area (Å²) in [7, 11) is 0. The van der Waals surface area contributed by atoms with Crippen molar-refractivity contribution in [1.29, 1.82) is 0 Å². The molecule has 0 radical (unpaired) electrons. The number of aromatic amines is 1. The molecule has 6 N–H and O–H groups in total. The number of aliphatic hydroxyl groups excluding tert-OH is 1. The number of amides is 2. The van der Waals surface area contributed by atoms with Gasteiger partial charge in [-0.1, -0.05) is 60.7 Å². The van der Waals surface area contributed by atoms with E-state index in [9.17, 15) is 24.6 Å². The smallest absolute Gasteiger partial charge is 0.408 e. The van der Waals surface area contributed by atoms with E-state index in [0.29, 0.717) is 34.8 Å². The Balaban J connectivity index is 0.902. The van der Waals surface area contributed by atoms with E-state index in [1.54, 1.807) is 30.3 Å². The summed E-state index contributed by atoms with van der Waals surface area (Å²) in [6.07, 6.45) is 0.667. The molecule has 3 aliphatic heterocycles. The highest BCUT2D eigenvalue weighted by Crippen LogP contribution is 2.31. The molecule has 12 heteroatoms. The SMILES string of the molecule is O=C(COc1cccc(C(NC(=O)O[C@H]2CN3CCC2CC3)c2ccccc2)c1)Nc1ccc(CNC[C@@H](O)c2ccc(O)c3[nH]c(=O)ccc23)cc1. The Bertz CT molecular complexity index is 2100. The van der Waals surface area contributed by atoms with Crippen LogP contribution in [-0.2, 0) is 16.1 Å². The lowest BCUT2D eigenvalue weighted by molar-refractivity contribution is -0.118. The molecule has 3 aliphatic rings. The Kier molecular flexibility index (Phi) is 11.0. The number of aliphatic hydroxyl groups is 1. The number of nitrogens with zero attached hydrogens (tertiary/aromatic N) is 1. The van der Waals surface area contributed by atoms with E-state index >= 15 is 0 Å². The second-order valence-corrected chi connectivity index (χ2v) is 13.6. The van der Waals surface area contributed by atoms with Crippen LogP contribution in [0.25, 0.3) is 10.9 Å².